The third-order valence-corrected chi connectivity index (χ3v) is 4.10. The van der Waals surface area contributed by atoms with Gasteiger partial charge in [-0.15, -0.1) is 10.2 Å². The van der Waals surface area contributed by atoms with E-state index in [2.05, 4.69) is 10.2 Å². The minimum absolute atomic E-state index is 0.123. The Morgan fingerprint density at radius 3 is 2.78 bits per heavy atom. The molecule has 0 radical (unpaired) electrons. The molecule has 7 heteroatoms. The van der Waals surface area contributed by atoms with Crippen LogP contribution in [0.4, 0.5) is 0 Å². The second-order valence-corrected chi connectivity index (χ2v) is 5.43. The molecule has 0 atom stereocenters. The van der Waals surface area contributed by atoms with Crippen LogP contribution in [0.2, 0.25) is 10.0 Å². The Kier molecular flexibility index (Phi) is 4.50. The summed E-state index contributed by atoms with van der Waals surface area (Å²) in [6.07, 6.45) is 0. The van der Waals surface area contributed by atoms with Gasteiger partial charge in [-0.2, -0.15) is 0 Å². The number of aromatic nitrogens is 3. The van der Waals surface area contributed by atoms with E-state index in [-0.39, 0.29) is 6.61 Å². The Morgan fingerprint density at radius 1 is 1.33 bits per heavy atom. The smallest absolute Gasteiger partial charge is 0.191 e. The molecule has 0 spiro atoms. The highest BCUT2D eigenvalue weighted by atomic mass is 35.5. The van der Waals surface area contributed by atoms with Crippen molar-refractivity contribution in [2.75, 3.05) is 0 Å². The van der Waals surface area contributed by atoms with Gasteiger partial charge in [-0.3, -0.25) is 0 Å². The van der Waals surface area contributed by atoms with Gasteiger partial charge in [0, 0.05) is 22.8 Å². The molecular weight excluding hydrogens is 293 g/mol. The van der Waals surface area contributed by atoms with Gasteiger partial charge in [0.25, 0.3) is 0 Å². The van der Waals surface area contributed by atoms with Crippen LogP contribution in [0.1, 0.15) is 11.4 Å². The van der Waals surface area contributed by atoms with Gasteiger partial charge in [-0.25, -0.2) is 0 Å². The van der Waals surface area contributed by atoms with Crippen molar-refractivity contribution in [3.8, 4) is 0 Å². The summed E-state index contributed by atoms with van der Waals surface area (Å²) in [5.41, 5.74) is 0.947. The lowest BCUT2D eigenvalue weighted by Gasteiger charge is -2.05. The van der Waals surface area contributed by atoms with Crippen molar-refractivity contribution in [3.63, 3.8) is 0 Å². The Labute approximate surface area is 119 Å². The maximum atomic E-state index is 9.03. The maximum absolute atomic E-state index is 9.03. The number of aliphatic hydroxyl groups excluding tert-OH is 1. The van der Waals surface area contributed by atoms with Crippen LogP contribution in [-0.4, -0.2) is 19.9 Å². The molecule has 2 rings (SSSR count). The van der Waals surface area contributed by atoms with Gasteiger partial charge >= 0.3 is 0 Å². The number of halogens is 2. The summed E-state index contributed by atoms with van der Waals surface area (Å²) < 4.78 is 1.75. The van der Waals surface area contributed by atoms with Crippen LogP contribution in [0.15, 0.2) is 23.4 Å². The molecule has 2 aromatic rings. The molecule has 0 bridgehead atoms. The Morgan fingerprint density at radius 2 is 2.11 bits per heavy atom. The second-order valence-electron chi connectivity index (χ2n) is 3.64. The Hall–Kier alpha value is -0.750. The lowest BCUT2D eigenvalue weighted by Crippen LogP contribution is -1.98. The van der Waals surface area contributed by atoms with Crippen LogP contribution in [0.5, 0.6) is 0 Å². The highest BCUT2D eigenvalue weighted by Crippen LogP contribution is 2.27. The topological polar surface area (TPSA) is 50.9 Å². The van der Waals surface area contributed by atoms with Crippen molar-refractivity contribution in [1.29, 1.82) is 0 Å². The summed E-state index contributed by atoms with van der Waals surface area (Å²) in [7, 11) is 1.81. The molecule has 0 saturated heterocycles. The fourth-order valence-electron chi connectivity index (χ4n) is 1.40. The van der Waals surface area contributed by atoms with Crippen LogP contribution >= 0.6 is 35.0 Å². The third-order valence-electron chi connectivity index (χ3n) is 2.43. The van der Waals surface area contributed by atoms with E-state index in [1.807, 2.05) is 13.1 Å². The van der Waals surface area contributed by atoms with Gasteiger partial charge in [-0.05, 0) is 23.8 Å². The molecule has 0 aliphatic heterocycles. The molecule has 1 aromatic heterocycles. The van der Waals surface area contributed by atoms with Crippen LogP contribution in [0.25, 0.3) is 0 Å². The fourth-order valence-corrected chi connectivity index (χ4v) is 2.78. The first-order valence-corrected chi connectivity index (χ1v) is 6.92. The van der Waals surface area contributed by atoms with Gasteiger partial charge in [0.05, 0.1) is 0 Å². The summed E-state index contributed by atoms with van der Waals surface area (Å²) in [4.78, 5) is 0. The molecule has 96 valence electrons. The molecule has 0 amide bonds. The zero-order valence-electron chi connectivity index (χ0n) is 9.60. The van der Waals surface area contributed by atoms with Gasteiger partial charge in [0.1, 0.15) is 6.61 Å². The molecule has 1 heterocycles. The maximum Gasteiger partial charge on any atom is 0.191 e. The minimum atomic E-state index is -0.123. The zero-order chi connectivity index (χ0) is 13.1. The largest absolute Gasteiger partial charge is 0.388 e. The number of thioether (sulfide) groups is 1. The van der Waals surface area contributed by atoms with Gasteiger partial charge in [-0.1, -0.05) is 35.0 Å². The van der Waals surface area contributed by atoms with Crippen molar-refractivity contribution in [1.82, 2.24) is 14.8 Å². The molecule has 0 aliphatic carbocycles. The number of benzene rings is 1. The minimum Gasteiger partial charge on any atom is -0.388 e. The normalized spacial score (nSPS) is 10.9. The number of nitrogens with zero attached hydrogens (tertiary/aromatic N) is 3. The molecule has 0 saturated carbocycles. The predicted octanol–water partition coefficient (Wildman–Crippen LogP) is 2.91. The first kappa shape index (κ1) is 13.7. The predicted molar refractivity (Wildman–Crippen MR) is 72.9 cm³/mol. The fraction of sp³-hybridized carbons (Fsp3) is 0.273. The van der Waals surface area contributed by atoms with E-state index in [0.29, 0.717) is 21.6 Å². The second kappa shape index (κ2) is 5.93. The quantitative estimate of drug-likeness (QED) is 0.882. The number of hydrogen-bond donors (Lipinski definition) is 1. The van der Waals surface area contributed by atoms with E-state index in [9.17, 15) is 0 Å². The summed E-state index contributed by atoms with van der Waals surface area (Å²) >= 11 is 13.5. The van der Waals surface area contributed by atoms with Crippen LogP contribution in [-0.2, 0) is 19.4 Å². The molecular formula is C11H11Cl2N3OS. The number of hydrogen-bond acceptors (Lipinski definition) is 4. The van der Waals surface area contributed by atoms with Crippen molar-refractivity contribution in [2.24, 2.45) is 7.05 Å². The monoisotopic (exact) mass is 303 g/mol. The van der Waals surface area contributed by atoms with Crippen molar-refractivity contribution in [2.45, 2.75) is 17.5 Å². The molecule has 1 N–H and O–H groups in total. The van der Waals surface area contributed by atoms with Gasteiger partial charge in [0.2, 0.25) is 0 Å². The van der Waals surface area contributed by atoms with Crippen LogP contribution in [0.3, 0.4) is 0 Å². The molecule has 0 aliphatic rings. The molecule has 0 fully saturated rings. The first-order valence-electron chi connectivity index (χ1n) is 5.17. The molecule has 18 heavy (non-hydrogen) atoms. The van der Waals surface area contributed by atoms with Gasteiger partial charge < -0.3 is 9.67 Å². The number of rotatable bonds is 4. The third kappa shape index (κ3) is 2.98. The highest BCUT2D eigenvalue weighted by molar-refractivity contribution is 7.98. The average Bonchev–Trinajstić information content (AvgIpc) is 2.71. The SMILES string of the molecule is Cn1c(CO)nnc1SCc1cc(Cl)ccc1Cl. The number of aliphatic hydroxyl groups is 1. The molecule has 4 nitrogen and oxygen atoms in total. The average molecular weight is 304 g/mol. The lowest BCUT2D eigenvalue weighted by molar-refractivity contribution is 0.266. The highest BCUT2D eigenvalue weighted by Gasteiger charge is 2.09. The van der Waals surface area contributed by atoms with Crippen LogP contribution in [0, 0.1) is 0 Å². The van der Waals surface area contributed by atoms with E-state index in [0.717, 1.165) is 10.7 Å². The van der Waals surface area contributed by atoms with Crippen molar-refractivity contribution >= 4 is 35.0 Å². The first-order chi connectivity index (χ1) is 8.61. The van der Waals surface area contributed by atoms with Gasteiger partial charge in [0.15, 0.2) is 11.0 Å². The summed E-state index contributed by atoms with van der Waals surface area (Å²) in [6, 6.07) is 5.36. The summed E-state index contributed by atoms with van der Waals surface area (Å²) in [5, 5.41) is 19.0. The standard InChI is InChI=1S/C11H11Cl2N3OS/c1-16-10(5-17)14-15-11(16)18-6-7-4-8(12)2-3-9(7)13/h2-4,17H,5-6H2,1H3. The Bertz CT molecular complexity index is 559. The summed E-state index contributed by atoms with van der Waals surface area (Å²) in [6.45, 7) is -0.123. The van der Waals surface area contributed by atoms with E-state index in [4.69, 9.17) is 28.3 Å². The molecule has 1 aromatic carbocycles. The van der Waals surface area contributed by atoms with E-state index in [1.165, 1.54) is 11.8 Å². The summed E-state index contributed by atoms with van der Waals surface area (Å²) in [5.74, 6) is 1.19. The van der Waals surface area contributed by atoms with E-state index < -0.39 is 0 Å². The lowest BCUT2D eigenvalue weighted by atomic mass is 10.2. The Balaban J connectivity index is 2.11. The van der Waals surface area contributed by atoms with E-state index in [1.54, 1.807) is 16.7 Å². The van der Waals surface area contributed by atoms with Crippen molar-refractivity contribution < 1.29 is 5.11 Å². The van der Waals surface area contributed by atoms with E-state index >= 15 is 0 Å². The molecule has 0 unspecified atom stereocenters. The zero-order valence-corrected chi connectivity index (χ0v) is 11.9. The van der Waals surface area contributed by atoms with Crippen LogP contribution < -0.4 is 0 Å². The van der Waals surface area contributed by atoms with Crippen molar-refractivity contribution in [3.05, 3.63) is 39.6 Å².